The van der Waals surface area contributed by atoms with Gasteiger partial charge in [-0.3, -0.25) is 19.7 Å². The summed E-state index contributed by atoms with van der Waals surface area (Å²) in [6, 6.07) is 9.44. The molecule has 0 aromatic heterocycles. The number of likely N-dealkylation sites (N-methyl/N-ethyl adjacent to an activating group) is 1. The predicted octanol–water partition coefficient (Wildman–Crippen LogP) is 2.72. The summed E-state index contributed by atoms with van der Waals surface area (Å²) in [6.07, 6.45) is 0. The zero-order valence-corrected chi connectivity index (χ0v) is 16.4. The number of rotatable bonds is 6. The van der Waals surface area contributed by atoms with Crippen molar-refractivity contribution in [3.63, 3.8) is 0 Å². The van der Waals surface area contributed by atoms with E-state index in [0.29, 0.717) is 12.1 Å². The number of amides is 1. The number of benzene rings is 2. The first kappa shape index (κ1) is 21.1. The highest BCUT2D eigenvalue weighted by Gasteiger charge is 2.45. The molecular formula is C21H20FN3O5. The van der Waals surface area contributed by atoms with Gasteiger partial charge in [-0.2, -0.15) is 0 Å². The van der Waals surface area contributed by atoms with E-state index in [2.05, 4.69) is 0 Å². The number of carbonyl (C=O) groups is 2. The quantitative estimate of drug-likeness (QED) is 0.257. The van der Waals surface area contributed by atoms with Crippen LogP contribution in [0.25, 0.3) is 5.76 Å². The van der Waals surface area contributed by atoms with Crippen molar-refractivity contribution in [2.75, 3.05) is 27.2 Å². The van der Waals surface area contributed by atoms with Crippen LogP contribution in [-0.4, -0.2) is 58.7 Å². The highest BCUT2D eigenvalue weighted by Crippen LogP contribution is 2.39. The number of nitro groups is 1. The van der Waals surface area contributed by atoms with E-state index in [1.807, 2.05) is 19.0 Å². The number of hydrogen-bond acceptors (Lipinski definition) is 6. The van der Waals surface area contributed by atoms with E-state index >= 15 is 0 Å². The molecule has 1 atom stereocenters. The number of carbonyl (C=O) groups excluding carboxylic acids is 2. The van der Waals surface area contributed by atoms with Gasteiger partial charge in [0.1, 0.15) is 11.6 Å². The van der Waals surface area contributed by atoms with Crippen molar-refractivity contribution >= 4 is 23.1 Å². The minimum absolute atomic E-state index is 0.137. The smallest absolute Gasteiger partial charge is 0.295 e. The lowest BCUT2D eigenvalue weighted by Crippen LogP contribution is -2.35. The number of aliphatic hydroxyl groups is 1. The van der Waals surface area contributed by atoms with Crippen LogP contribution in [0.3, 0.4) is 0 Å². The van der Waals surface area contributed by atoms with Crippen LogP contribution in [0.4, 0.5) is 10.1 Å². The first-order valence-electron chi connectivity index (χ1n) is 9.14. The molecule has 9 heteroatoms. The molecule has 1 aliphatic rings. The maximum Gasteiger partial charge on any atom is 0.295 e. The Bertz CT molecular complexity index is 1020. The molecule has 3 rings (SSSR count). The molecule has 1 amide bonds. The van der Waals surface area contributed by atoms with Crippen molar-refractivity contribution in [1.82, 2.24) is 9.80 Å². The maximum atomic E-state index is 13.3. The average molecular weight is 413 g/mol. The molecule has 0 saturated carbocycles. The minimum atomic E-state index is -0.921. The fourth-order valence-corrected chi connectivity index (χ4v) is 3.31. The van der Waals surface area contributed by atoms with Crippen molar-refractivity contribution in [1.29, 1.82) is 0 Å². The molecule has 1 N–H and O–H groups in total. The Morgan fingerprint density at radius 1 is 1.13 bits per heavy atom. The van der Waals surface area contributed by atoms with Gasteiger partial charge in [0.15, 0.2) is 0 Å². The summed E-state index contributed by atoms with van der Waals surface area (Å²) in [6.45, 7) is 0.673. The summed E-state index contributed by atoms with van der Waals surface area (Å²) in [5, 5.41) is 21.8. The van der Waals surface area contributed by atoms with Gasteiger partial charge in [-0.05, 0) is 56.1 Å². The fraction of sp³-hybridized carbons (Fsp3) is 0.238. The average Bonchev–Trinajstić information content (AvgIpc) is 2.97. The first-order chi connectivity index (χ1) is 14.2. The van der Waals surface area contributed by atoms with Gasteiger partial charge in [-0.1, -0.05) is 0 Å². The monoisotopic (exact) mass is 413 g/mol. The van der Waals surface area contributed by atoms with E-state index in [0.717, 1.165) is 12.1 Å². The number of ketones is 1. The zero-order chi connectivity index (χ0) is 22.0. The number of nitrogens with zero attached hydrogens (tertiary/aromatic N) is 3. The van der Waals surface area contributed by atoms with E-state index in [1.54, 1.807) is 0 Å². The molecule has 0 unspecified atom stereocenters. The largest absolute Gasteiger partial charge is 0.507 e. The summed E-state index contributed by atoms with van der Waals surface area (Å²) >= 11 is 0. The Morgan fingerprint density at radius 3 is 2.27 bits per heavy atom. The molecule has 0 aliphatic carbocycles. The van der Waals surface area contributed by atoms with Gasteiger partial charge >= 0.3 is 0 Å². The predicted molar refractivity (Wildman–Crippen MR) is 107 cm³/mol. The molecule has 8 nitrogen and oxygen atoms in total. The van der Waals surface area contributed by atoms with Crippen LogP contribution < -0.4 is 0 Å². The lowest BCUT2D eigenvalue weighted by molar-refractivity contribution is -0.384. The van der Waals surface area contributed by atoms with Crippen molar-refractivity contribution in [3.8, 4) is 0 Å². The second-order valence-electron chi connectivity index (χ2n) is 7.15. The lowest BCUT2D eigenvalue weighted by atomic mass is 9.95. The topological polar surface area (TPSA) is 104 Å². The van der Waals surface area contributed by atoms with Gasteiger partial charge in [-0.15, -0.1) is 0 Å². The van der Waals surface area contributed by atoms with E-state index in [1.165, 1.54) is 41.3 Å². The molecule has 1 saturated heterocycles. The van der Waals surface area contributed by atoms with Crippen molar-refractivity contribution in [2.24, 2.45) is 0 Å². The van der Waals surface area contributed by atoms with E-state index in [4.69, 9.17) is 0 Å². The number of hydrogen-bond donors (Lipinski definition) is 1. The van der Waals surface area contributed by atoms with Crippen LogP contribution >= 0.6 is 0 Å². The minimum Gasteiger partial charge on any atom is -0.507 e. The van der Waals surface area contributed by atoms with E-state index < -0.39 is 34.2 Å². The Balaban J connectivity index is 2.13. The maximum absolute atomic E-state index is 13.3. The molecule has 2 aromatic rings. The molecule has 156 valence electrons. The second-order valence-corrected chi connectivity index (χ2v) is 7.15. The summed E-state index contributed by atoms with van der Waals surface area (Å²) in [5.41, 5.74) is 0.359. The third kappa shape index (κ3) is 4.06. The van der Waals surface area contributed by atoms with Gasteiger partial charge in [0.05, 0.1) is 16.5 Å². The third-order valence-corrected chi connectivity index (χ3v) is 4.87. The third-order valence-electron chi connectivity index (χ3n) is 4.87. The molecule has 0 radical (unpaired) electrons. The van der Waals surface area contributed by atoms with E-state index in [9.17, 15) is 29.2 Å². The van der Waals surface area contributed by atoms with Gasteiger partial charge in [-0.25, -0.2) is 4.39 Å². The molecule has 2 aromatic carbocycles. The molecule has 30 heavy (non-hydrogen) atoms. The van der Waals surface area contributed by atoms with Crippen molar-refractivity contribution in [3.05, 3.63) is 81.2 Å². The van der Waals surface area contributed by atoms with Crippen LogP contribution in [0.2, 0.25) is 0 Å². The van der Waals surface area contributed by atoms with Crippen LogP contribution in [0, 0.1) is 15.9 Å². The highest BCUT2D eigenvalue weighted by molar-refractivity contribution is 6.46. The summed E-state index contributed by atoms with van der Waals surface area (Å²) in [5.74, 6) is -2.57. The number of non-ortho nitro benzene ring substituents is 1. The SMILES string of the molecule is CN(C)CCN1C(=O)C(=O)/C(=C(/O)c2ccc(F)cc2)[C@H]1c1ccc([N+](=O)[O-])cc1. The summed E-state index contributed by atoms with van der Waals surface area (Å²) < 4.78 is 13.3. The number of nitro benzene ring substituents is 1. The Hall–Kier alpha value is -3.59. The van der Waals surface area contributed by atoms with Crippen LogP contribution in [-0.2, 0) is 9.59 Å². The lowest BCUT2D eigenvalue weighted by Gasteiger charge is -2.26. The molecule has 1 fully saturated rings. The Kier molecular flexibility index (Phi) is 5.93. The van der Waals surface area contributed by atoms with Gasteiger partial charge in [0.25, 0.3) is 17.4 Å². The second kappa shape index (κ2) is 8.42. The molecule has 0 spiro atoms. The number of likely N-dealkylation sites (tertiary alicyclic amines) is 1. The molecular weight excluding hydrogens is 393 g/mol. The van der Waals surface area contributed by atoms with Gasteiger partial charge in [0.2, 0.25) is 0 Å². The zero-order valence-electron chi connectivity index (χ0n) is 16.4. The number of Topliss-reactive ketones (excluding diaryl/α,β-unsaturated/α-hetero) is 1. The first-order valence-corrected chi connectivity index (χ1v) is 9.14. The Labute approximate surface area is 172 Å². The molecule has 1 aliphatic heterocycles. The normalized spacial score (nSPS) is 18.3. The van der Waals surface area contributed by atoms with Crippen molar-refractivity contribution < 1.29 is 24.0 Å². The van der Waals surface area contributed by atoms with Crippen LogP contribution in [0.1, 0.15) is 17.2 Å². The summed E-state index contributed by atoms with van der Waals surface area (Å²) in [7, 11) is 3.63. The van der Waals surface area contributed by atoms with Crippen LogP contribution in [0.15, 0.2) is 54.1 Å². The van der Waals surface area contributed by atoms with Crippen molar-refractivity contribution in [2.45, 2.75) is 6.04 Å². The molecule has 0 bridgehead atoms. The van der Waals surface area contributed by atoms with Gasteiger partial charge < -0.3 is 14.9 Å². The number of aliphatic hydroxyl groups excluding tert-OH is 1. The fourth-order valence-electron chi connectivity index (χ4n) is 3.31. The Morgan fingerprint density at radius 2 is 1.73 bits per heavy atom. The standard InChI is InChI=1S/C21H20FN3O5/c1-23(2)11-12-24-18(13-5-9-16(10-6-13)25(29)30)17(20(27)21(24)28)19(26)14-3-7-15(22)8-4-14/h3-10,18,26H,11-12H2,1-2H3/b19-17+/t18-/m1/s1. The highest BCUT2D eigenvalue weighted by atomic mass is 19.1. The molecule has 1 heterocycles. The number of halogens is 1. The van der Waals surface area contributed by atoms with Gasteiger partial charge in [0, 0.05) is 30.8 Å². The summed E-state index contributed by atoms with van der Waals surface area (Å²) in [4.78, 5) is 39.1. The van der Waals surface area contributed by atoms with Crippen LogP contribution in [0.5, 0.6) is 0 Å². The van der Waals surface area contributed by atoms with E-state index in [-0.39, 0.29) is 23.4 Å².